The molecular weight excluding hydrogens is 500 g/mol. The molecule has 0 bridgehead atoms. The first-order valence-corrected chi connectivity index (χ1v) is 13.0. The lowest BCUT2D eigenvalue weighted by atomic mass is 9.97. The summed E-state index contributed by atoms with van der Waals surface area (Å²) in [6.45, 7) is 0.382. The number of H-pyrrole nitrogens is 1. The molecule has 0 radical (unpaired) electrons. The fraction of sp³-hybridized carbons (Fsp3) is 0.200. The Kier molecular flexibility index (Phi) is 6.52. The van der Waals surface area contributed by atoms with Crippen LogP contribution in [0.5, 0.6) is 0 Å². The van der Waals surface area contributed by atoms with Crippen molar-refractivity contribution in [2.24, 2.45) is 5.92 Å². The van der Waals surface area contributed by atoms with Crippen LogP contribution in [0.15, 0.2) is 77.7 Å². The summed E-state index contributed by atoms with van der Waals surface area (Å²) in [6.07, 6.45) is 5.62. The third-order valence-corrected chi connectivity index (χ3v) is 7.28. The minimum Gasteiger partial charge on any atom is -0.449 e. The van der Waals surface area contributed by atoms with Crippen LogP contribution in [0.3, 0.4) is 0 Å². The van der Waals surface area contributed by atoms with Gasteiger partial charge in [-0.3, -0.25) is 15.1 Å². The summed E-state index contributed by atoms with van der Waals surface area (Å²) in [5.74, 6) is 0.641. The lowest BCUT2D eigenvalue weighted by molar-refractivity contribution is 0.142. The van der Waals surface area contributed by atoms with Gasteiger partial charge in [-0.1, -0.05) is 60.8 Å². The Labute approximate surface area is 223 Å². The predicted octanol–water partition coefficient (Wildman–Crippen LogP) is 7.20. The third kappa shape index (κ3) is 4.85. The fourth-order valence-electron chi connectivity index (χ4n) is 5.09. The van der Waals surface area contributed by atoms with Crippen molar-refractivity contribution in [3.63, 3.8) is 0 Å². The SMILES string of the molecule is O=C(Nc1cc(=O)c2cc(-c3cc(Cl)c4ncccc4c3)c(-c3ccccc3)nc2[nH]1)OCC1CCCC1. The summed E-state index contributed by atoms with van der Waals surface area (Å²) in [6, 6.07) is 20.5. The van der Waals surface area contributed by atoms with Crippen LogP contribution in [0.4, 0.5) is 10.6 Å². The van der Waals surface area contributed by atoms with Gasteiger partial charge < -0.3 is 9.72 Å². The van der Waals surface area contributed by atoms with Crippen molar-refractivity contribution in [3.05, 3.63) is 88.2 Å². The number of hydrogen-bond acceptors (Lipinski definition) is 5. The number of nitrogens with zero attached hydrogens (tertiary/aromatic N) is 2. The number of carbonyl (C=O) groups is 1. The minimum absolute atomic E-state index is 0.234. The zero-order valence-corrected chi connectivity index (χ0v) is 21.3. The molecule has 7 nitrogen and oxygen atoms in total. The van der Waals surface area contributed by atoms with Gasteiger partial charge in [0.25, 0.3) is 0 Å². The number of halogens is 1. The van der Waals surface area contributed by atoms with Gasteiger partial charge in [-0.15, -0.1) is 0 Å². The molecule has 2 aromatic carbocycles. The molecule has 1 aliphatic rings. The second-order valence-corrected chi connectivity index (χ2v) is 10.0. The van der Waals surface area contributed by atoms with Crippen molar-refractivity contribution in [1.29, 1.82) is 0 Å². The highest BCUT2D eigenvalue weighted by Crippen LogP contribution is 2.36. The number of rotatable bonds is 5. The Morgan fingerprint density at radius 1 is 1.03 bits per heavy atom. The largest absolute Gasteiger partial charge is 0.449 e. The summed E-state index contributed by atoms with van der Waals surface area (Å²) >= 11 is 6.59. The van der Waals surface area contributed by atoms with Crippen molar-refractivity contribution in [3.8, 4) is 22.4 Å². The Morgan fingerprint density at radius 3 is 2.66 bits per heavy atom. The number of anilines is 1. The molecule has 8 heteroatoms. The van der Waals surface area contributed by atoms with Crippen LogP contribution in [0, 0.1) is 5.92 Å². The highest BCUT2D eigenvalue weighted by Gasteiger charge is 2.19. The summed E-state index contributed by atoms with van der Waals surface area (Å²) in [5.41, 5.74) is 3.93. The van der Waals surface area contributed by atoms with E-state index in [-0.39, 0.29) is 11.2 Å². The van der Waals surface area contributed by atoms with E-state index in [2.05, 4.69) is 15.3 Å². The Balaban J connectivity index is 1.42. The van der Waals surface area contributed by atoms with Gasteiger partial charge >= 0.3 is 6.09 Å². The smallest absolute Gasteiger partial charge is 0.412 e. The van der Waals surface area contributed by atoms with Gasteiger partial charge in [0, 0.05) is 28.8 Å². The molecule has 6 rings (SSSR count). The lowest BCUT2D eigenvalue weighted by Crippen LogP contribution is -2.19. The van der Waals surface area contributed by atoms with Crippen LogP contribution in [-0.2, 0) is 4.74 Å². The normalized spacial score (nSPS) is 13.7. The summed E-state index contributed by atoms with van der Waals surface area (Å²) < 4.78 is 5.39. The number of aromatic amines is 1. The first kappa shape index (κ1) is 24.1. The summed E-state index contributed by atoms with van der Waals surface area (Å²) in [4.78, 5) is 37.9. The Morgan fingerprint density at radius 2 is 1.84 bits per heavy atom. The van der Waals surface area contributed by atoms with Crippen LogP contribution in [0.2, 0.25) is 5.02 Å². The fourth-order valence-corrected chi connectivity index (χ4v) is 5.37. The molecular formula is C30H25ClN4O3. The number of benzene rings is 2. The van der Waals surface area contributed by atoms with E-state index in [0.29, 0.717) is 39.8 Å². The Hall–Kier alpha value is -4.23. The standard InChI is InChI=1S/C30H25ClN4O3/c31-24-14-21(13-20-11-6-12-32-28(20)24)22-15-23-25(36)16-26(34-30(37)38-17-18-7-4-5-8-18)33-29(23)35-27(22)19-9-2-1-3-10-19/h1-3,6,9-16,18H,4-5,7-8,17H2,(H2,33,34,35,36,37). The van der Waals surface area contributed by atoms with Gasteiger partial charge in [-0.05, 0) is 48.6 Å². The zero-order valence-electron chi connectivity index (χ0n) is 20.5. The first-order valence-electron chi connectivity index (χ1n) is 12.7. The molecule has 1 aliphatic carbocycles. The monoisotopic (exact) mass is 524 g/mol. The van der Waals surface area contributed by atoms with Gasteiger partial charge in [0.05, 0.1) is 28.2 Å². The van der Waals surface area contributed by atoms with Crippen LogP contribution in [-0.4, -0.2) is 27.7 Å². The van der Waals surface area contributed by atoms with E-state index >= 15 is 0 Å². The zero-order chi connectivity index (χ0) is 26.1. The number of aromatic nitrogens is 3. The lowest BCUT2D eigenvalue weighted by Gasteiger charge is -2.14. The minimum atomic E-state index is -0.591. The molecule has 0 atom stereocenters. The van der Waals surface area contributed by atoms with Gasteiger partial charge in [0.1, 0.15) is 11.5 Å². The number of pyridine rings is 3. The van der Waals surface area contributed by atoms with Gasteiger partial charge in [-0.2, -0.15) is 0 Å². The molecule has 0 spiro atoms. The number of hydrogen-bond donors (Lipinski definition) is 2. The molecule has 3 heterocycles. The molecule has 0 unspecified atom stereocenters. The highest BCUT2D eigenvalue weighted by molar-refractivity contribution is 6.35. The van der Waals surface area contributed by atoms with Crippen LogP contribution >= 0.6 is 11.6 Å². The van der Waals surface area contributed by atoms with Crippen molar-refractivity contribution in [2.75, 3.05) is 11.9 Å². The van der Waals surface area contributed by atoms with E-state index < -0.39 is 6.09 Å². The predicted molar refractivity (Wildman–Crippen MR) is 150 cm³/mol. The average Bonchev–Trinajstić information content (AvgIpc) is 3.46. The van der Waals surface area contributed by atoms with Crippen molar-refractivity contribution < 1.29 is 9.53 Å². The summed E-state index contributed by atoms with van der Waals surface area (Å²) in [5, 5.41) is 4.45. The maximum atomic E-state index is 13.2. The second kappa shape index (κ2) is 10.3. The van der Waals surface area contributed by atoms with Crippen molar-refractivity contribution >= 4 is 45.4 Å². The van der Waals surface area contributed by atoms with Crippen molar-refractivity contribution in [1.82, 2.24) is 15.0 Å². The van der Waals surface area contributed by atoms with Gasteiger partial charge in [-0.25, -0.2) is 9.78 Å². The van der Waals surface area contributed by atoms with E-state index in [1.54, 1.807) is 6.20 Å². The molecule has 1 fully saturated rings. The second-order valence-electron chi connectivity index (χ2n) is 9.60. The van der Waals surface area contributed by atoms with E-state index in [4.69, 9.17) is 21.3 Å². The van der Waals surface area contributed by atoms with E-state index in [0.717, 1.165) is 34.9 Å². The number of nitrogens with one attached hydrogen (secondary N) is 2. The molecule has 1 amide bonds. The maximum Gasteiger partial charge on any atom is 0.412 e. The maximum absolute atomic E-state index is 13.2. The molecule has 3 aromatic heterocycles. The van der Waals surface area contributed by atoms with E-state index in [1.807, 2.05) is 60.7 Å². The molecule has 38 heavy (non-hydrogen) atoms. The van der Waals surface area contributed by atoms with E-state index in [1.165, 1.54) is 18.9 Å². The quantitative estimate of drug-likeness (QED) is 0.253. The number of amides is 1. The first-order chi connectivity index (χ1) is 18.5. The number of fused-ring (bicyclic) bond motifs is 2. The third-order valence-electron chi connectivity index (χ3n) is 6.99. The van der Waals surface area contributed by atoms with Crippen molar-refractivity contribution in [2.45, 2.75) is 25.7 Å². The van der Waals surface area contributed by atoms with Gasteiger partial charge in [0.15, 0.2) is 5.43 Å². The summed E-state index contributed by atoms with van der Waals surface area (Å²) in [7, 11) is 0. The van der Waals surface area contributed by atoms with Crippen LogP contribution < -0.4 is 10.7 Å². The Bertz CT molecular complexity index is 1710. The number of ether oxygens (including phenoxy) is 1. The highest BCUT2D eigenvalue weighted by atomic mass is 35.5. The molecule has 5 aromatic rings. The number of carbonyl (C=O) groups excluding carboxylic acids is 1. The molecule has 0 aliphatic heterocycles. The molecule has 1 saturated carbocycles. The van der Waals surface area contributed by atoms with Gasteiger partial charge in [0.2, 0.25) is 0 Å². The topological polar surface area (TPSA) is 97.0 Å². The molecule has 0 saturated heterocycles. The van der Waals surface area contributed by atoms with Crippen LogP contribution in [0.25, 0.3) is 44.3 Å². The molecule has 2 N–H and O–H groups in total. The van der Waals surface area contributed by atoms with E-state index in [9.17, 15) is 9.59 Å². The molecule has 190 valence electrons. The average molecular weight is 525 g/mol. The van der Waals surface area contributed by atoms with Crippen LogP contribution in [0.1, 0.15) is 25.7 Å².